The second kappa shape index (κ2) is 10.3. The zero-order chi connectivity index (χ0) is 27.9. The standard InChI is InChI=1S/C32H30N6O3/c1-36-20-29(34-35-36)26-16-27(26)31-28(32(39)40)17-33-38(31)25-10-5-9-23(15-25)22-8-4-6-21(14-22)18-37-12-13-41-30-11-3-2-7-24(30)19-37/h2-11,14-15,17,20,26-27H,12-13,16,18-19H2,1H3,(H,39,40). The van der Waals surface area contributed by atoms with Gasteiger partial charge in [-0.25, -0.2) is 9.48 Å². The van der Waals surface area contributed by atoms with Crippen molar-refractivity contribution in [3.8, 4) is 22.6 Å². The summed E-state index contributed by atoms with van der Waals surface area (Å²) in [4.78, 5) is 14.5. The van der Waals surface area contributed by atoms with Crippen LogP contribution in [0.4, 0.5) is 0 Å². The Morgan fingerprint density at radius 1 is 1.02 bits per heavy atom. The average molecular weight is 547 g/mol. The van der Waals surface area contributed by atoms with Gasteiger partial charge in [0.25, 0.3) is 0 Å². The van der Waals surface area contributed by atoms with Crippen LogP contribution < -0.4 is 4.74 Å². The van der Waals surface area contributed by atoms with E-state index < -0.39 is 5.97 Å². The lowest BCUT2D eigenvalue weighted by molar-refractivity contribution is 0.0695. The predicted molar refractivity (Wildman–Crippen MR) is 153 cm³/mol. The molecule has 206 valence electrons. The van der Waals surface area contributed by atoms with Crippen LogP contribution in [0.25, 0.3) is 16.8 Å². The van der Waals surface area contributed by atoms with Crippen LogP contribution in [0.3, 0.4) is 0 Å². The van der Waals surface area contributed by atoms with Crippen LogP contribution in [0.5, 0.6) is 5.75 Å². The Balaban J connectivity index is 1.16. The quantitative estimate of drug-likeness (QED) is 0.306. The molecule has 5 aromatic rings. The predicted octanol–water partition coefficient (Wildman–Crippen LogP) is 5.03. The fraction of sp³-hybridized carbons (Fsp3) is 0.250. The van der Waals surface area contributed by atoms with E-state index in [1.54, 1.807) is 9.36 Å². The zero-order valence-corrected chi connectivity index (χ0v) is 22.7. The number of hydrogen-bond donors (Lipinski definition) is 1. The molecule has 0 saturated heterocycles. The van der Waals surface area contributed by atoms with Crippen molar-refractivity contribution in [2.45, 2.75) is 31.3 Å². The minimum absolute atomic E-state index is 0.0232. The van der Waals surface area contributed by atoms with Gasteiger partial charge >= 0.3 is 5.97 Å². The number of aromatic nitrogens is 5. The molecule has 0 bridgehead atoms. The number of ether oxygens (including phenoxy) is 1. The number of aryl methyl sites for hydroxylation is 1. The molecular weight excluding hydrogens is 516 g/mol. The van der Waals surface area contributed by atoms with Crippen LogP contribution in [0, 0.1) is 0 Å². The summed E-state index contributed by atoms with van der Waals surface area (Å²) in [5.41, 5.74) is 7.25. The van der Waals surface area contributed by atoms with Crippen molar-refractivity contribution in [1.29, 1.82) is 0 Å². The SMILES string of the molecule is Cn1cc(C2CC2c2c(C(=O)O)cnn2-c2cccc(-c3cccc(CN4CCOc5ccccc5C4)c3)c2)nn1. The number of aromatic carboxylic acids is 1. The third kappa shape index (κ3) is 5.00. The molecule has 1 aliphatic heterocycles. The highest BCUT2D eigenvalue weighted by molar-refractivity contribution is 5.89. The molecule has 41 heavy (non-hydrogen) atoms. The van der Waals surface area contributed by atoms with Crippen molar-refractivity contribution in [3.05, 3.63) is 113 Å². The lowest BCUT2D eigenvalue weighted by Gasteiger charge is -2.20. The first-order chi connectivity index (χ1) is 20.0. The van der Waals surface area contributed by atoms with E-state index in [9.17, 15) is 9.90 Å². The number of carbonyl (C=O) groups is 1. The van der Waals surface area contributed by atoms with Gasteiger partial charge < -0.3 is 9.84 Å². The van der Waals surface area contributed by atoms with E-state index in [2.05, 4.69) is 68.8 Å². The van der Waals surface area contributed by atoms with Gasteiger partial charge in [-0.05, 0) is 47.4 Å². The highest BCUT2D eigenvalue weighted by Crippen LogP contribution is 2.55. The maximum absolute atomic E-state index is 12.1. The van der Waals surface area contributed by atoms with Crippen molar-refractivity contribution < 1.29 is 14.6 Å². The van der Waals surface area contributed by atoms with E-state index in [-0.39, 0.29) is 17.4 Å². The number of carboxylic acids is 1. The fourth-order valence-corrected chi connectivity index (χ4v) is 5.88. The Bertz CT molecular complexity index is 1740. The van der Waals surface area contributed by atoms with Crippen molar-refractivity contribution >= 4 is 5.97 Å². The highest BCUT2D eigenvalue weighted by atomic mass is 16.5. The maximum atomic E-state index is 12.1. The first-order valence-corrected chi connectivity index (χ1v) is 13.8. The number of fused-ring (bicyclic) bond motifs is 1. The molecule has 2 atom stereocenters. The Morgan fingerprint density at radius 2 is 1.85 bits per heavy atom. The monoisotopic (exact) mass is 546 g/mol. The Hall–Kier alpha value is -4.76. The summed E-state index contributed by atoms with van der Waals surface area (Å²) in [7, 11) is 1.84. The molecule has 1 aliphatic carbocycles. The minimum atomic E-state index is -0.971. The van der Waals surface area contributed by atoms with Crippen molar-refractivity contribution in [2.24, 2.45) is 7.05 Å². The smallest absolute Gasteiger partial charge is 0.339 e. The maximum Gasteiger partial charge on any atom is 0.339 e. The minimum Gasteiger partial charge on any atom is -0.492 e. The Kier molecular flexibility index (Phi) is 6.36. The van der Waals surface area contributed by atoms with E-state index >= 15 is 0 Å². The van der Waals surface area contributed by atoms with Gasteiger partial charge in [0, 0.05) is 50.3 Å². The second-order valence-electron chi connectivity index (χ2n) is 10.8. The van der Waals surface area contributed by atoms with Gasteiger partial charge in [-0.15, -0.1) is 5.10 Å². The van der Waals surface area contributed by atoms with Gasteiger partial charge in [0.15, 0.2) is 0 Å². The van der Waals surface area contributed by atoms with Crippen LogP contribution in [0.2, 0.25) is 0 Å². The number of rotatable bonds is 7. The summed E-state index contributed by atoms with van der Waals surface area (Å²) in [5.74, 6) is 0.156. The van der Waals surface area contributed by atoms with E-state index in [1.807, 2.05) is 37.5 Å². The van der Waals surface area contributed by atoms with Crippen LogP contribution in [-0.4, -0.2) is 53.9 Å². The fourth-order valence-electron chi connectivity index (χ4n) is 5.88. The molecule has 1 fully saturated rings. The first kappa shape index (κ1) is 25.2. The summed E-state index contributed by atoms with van der Waals surface area (Å²) < 4.78 is 9.41. The largest absolute Gasteiger partial charge is 0.492 e. The van der Waals surface area contributed by atoms with Crippen LogP contribution in [0.1, 0.15) is 51.1 Å². The molecule has 9 heteroatoms. The normalized spacial score (nSPS) is 18.4. The first-order valence-electron chi connectivity index (χ1n) is 13.8. The highest BCUT2D eigenvalue weighted by Gasteiger charge is 2.46. The molecular formula is C32H30N6O3. The van der Waals surface area contributed by atoms with Crippen molar-refractivity contribution in [3.63, 3.8) is 0 Å². The number of benzene rings is 3. The van der Waals surface area contributed by atoms with Crippen LogP contribution in [-0.2, 0) is 20.1 Å². The molecule has 3 heterocycles. The molecule has 1 N–H and O–H groups in total. The number of para-hydroxylation sites is 1. The van der Waals surface area contributed by atoms with E-state index in [4.69, 9.17) is 4.74 Å². The Labute approximate surface area is 237 Å². The summed E-state index contributed by atoms with van der Waals surface area (Å²) in [6.07, 6.45) is 4.18. The zero-order valence-electron chi connectivity index (χ0n) is 22.7. The van der Waals surface area contributed by atoms with Gasteiger partial charge in [0.1, 0.15) is 17.9 Å². The summed E-state index contributed by atoms with van der Waals surface area (Å²) in [5, 5.41) is 22.8. The lowest BCUT2D eigenvalue weighted by Crippen LogP contribution is -2.25. The van der Waals surface area contributed by atoms with Gasteiger partial charge in [-0.1, -0.05) is 53.7 Å². The van der Waals surface area contributed by atoms with Crippen LogP contribution in [0.15, 0.2) is 85.2 Å². The molecule has 0 spiro atoms. The number of carboxylic acid groups (broad SMARTS) is 1. The lowest BCUT2D eigenvalue weighted by atomic mass is 10.0. The van der Waals surface area contributed by atoms with Gasteiger partial charge in [-0.2, -0.15) is 5.10 Å². The molecule has 2 aliphatic rings. The average Bonchev–Trinajstić information content (AvgIpc) is 3.51. The second-order valence-corrected chi connectivity index (χ2v) is 10.8. The molecule has 1 saturated carbocycles. The van der Waals surface area contributed by atoms with Crippen molar-refractivity contribution in [1.82, 2.24) is 29.7 Å². The van der Waals surface area contributed by atoms with Crippen molar-refractivity contribution in [2.75, 3.05) is 13.2 Å². The van der Waals surface area contributed by atoms with E-state index in [0.29, 0.717) is 12.3 Å². The molecule has 0 amide bonds. The molecule has 3 aromatic carbocycles. The van der Waals surface area contributed by atoms with Crippen LogP contribution >= 0.6 is 0 Å². The molecule has 2 aromatic heterocycles. The molecule has 2 unspecified atom stereocenters. The third-order valence-corrected chi connectivity index (χ3v) is 7.97. The van der Waals surface area contributed by atoms with E-state index in [0.717, 1.165) is 54.3 Å². The topological polar surface area (TPSA) is 98.3 Å². The molecule has 9 nitrogen and oxygen atoms in total. The van der Waals surface area contributed by atoms with Gasteiger partial charge in [0.2, 0.25) is 0 Å². The molecule has 7 rings (SSSR count). The Morgan fingerprint density at radius 3 is 2.68 bits per heavy atom. The van der Waals surface area contributed by atoms with Gasteiger partial charge in [-0.3, -0.25) is 9.58 Å². The molecule has 0 radical (unpaired) electrons. The van der Waals surface area contributed by atoms with Gasteiger partial charge in [0.05, 0.1) is 23.3 Å². The number of nitrogens with zero attached hydrogens (tertiary/aromatic N) is 6. The third-order valence-electron chi connectivity index (χ3n) is 7.97. The summed E-state index contributed by atoms with van der Waals surface area (Å²) in [6, 6.07) is 25.0. The summed E-state index contributed by atoms with van der Waals surface area (Å²) in [6.45, 7) is 3.20. The number of hydrogen-bond acceptors (Lipinski definition) is 6. The van der Waals surface area contributed by atoms with E-state index in [1.165, 1.54) is 17.3 Å². The summed E-state index contributed by atoms with van der Waals surface area (Å²) >= 11 is 0.